The first-order valence-electron chi connectivity index (χ1n) is 8.23. The van der Waals surface area contributed by atoms with Crippen molar-refractivity contribution in [3.05, 3.63) is 35.9 Å². The van der Waals surface area contributed by atoms with E-state index in [1.807, 2.05) is 30.3 Å². The first kappa shape index (κ1) is 18.5. The summed E-state index contributed by atoms with van der Waals surface area (Å²) in [7, 11) is -3.26. The van der Waals surface area contributed by atoms with Crippen LogP contribution >= 0.6 is 0 Å². The van der Waals surface area contributed by atoms with E-state index in [2.05, 4.69) is 16.6 Å². The van der Waals surface area contributed by atoms with Crippen molar-refractivity contribution in [1.29, 1.82) is 0 Å². The molecule has 1 aliphatic rings. The topological polar surface area (TPSA) is 66.5 Å². The molecule has 1 N–H and O–H groups in total. The van der Waals surface area contributed by atoms with Crippen molar-refractivity contribution in [3.8, 4) is 11.8 Å². The molecule has 2 rings (SSSR count). The third-order valence-corrected chi connectivity index (χ3v) is 5.90. The van der Waals surface area contributed by atoms with Crippen molar-refractivity contribution >= 4 is 15.9 Å². The number of amides is 1. The fourth-order valence-electron chi connectivity index (χ4n) is 2.54. The molecule has 0 spiro atoms. The lowest BCUT2D eigenvalue weighted by molar-refractivity contribution is -0.126. The second-order valence-corrected chi connectivity index (χ2v) is 8.64. The highest BCUT2D eigenvalue weighted by molar-refractivity contribution is 7.90. The maximum absolute atomic E-state index is 12.2. The Balaban J connectivity index is 1.91. The number of likely N-dealkylation sites (tertiary alicyclic amines) is 1. The summed E-state index contributed by atoms with van der Waals surface area (Å²) in [6.07, 6.45) is 1.78. The fraction of sp³-hybridized carbons (Fsp3) is 0.500. The number of rotatable bonds is 4. The van der Waals surface area contributed by atoms with Crippen LogP contribution in [-0.2, 0) is 14.8 Å². The number of nitrogens with zero attached hydrogens (tertiary/aromatic N) is 1. The van der Waals surface area contributed by atoms with Crippen molar-refractivity contribution < 1.29 is 13.2 Å². The van der Waals surface area contributed by atoms with Gasteiger partial charge in [-0.25, -0.2) is 13.1 Å². The molecule has 1 aliphatic heterocycles. The van der Waals surface area contributed by atoms with Crippen LogP contribution in [0.25, 0.3) is 0 Å². The molecule has 0 saturated carbocycles. The predicted molar refractivity (Wildman–Crippen MR) is 94.7 cm³/mol. The van der Waals surface area contributed by atoms with Crippen molar-refractivity contribution in [1.82, 2.24) is 9.62 Å². The molecular weight excluding hydrogens is 324 g/mol. The average Bonchev–Trinajstić information content (AvgIpc) is 2.59. The molecule has 5 nitrogen and oxygen atoms in total. The van der Waals surface area contributed by atoms with Gasteiger partial charge in [-0.15, -0.1) is 0 Å². The van der Waals surface area contributed by atoms with Crippen LogP contribution in [0.15, 0.2) is 30.3 Å². The quantitative estimate of drug-likeness (QED) is 0.841. The molecule has 6 heteroatoms. The van der Waals surface area contributed by atoms with Crippen molar-refractivity contribution in [2.24, 2.45) is 5.92 Å². The van der Waals surface area contributed by atoms with Gasteiger partial charge in [0.1, 0.15) is 0 Å². The Bertz CT molecular complexity index is 718. The van der Waals surface area contributed by atoms with Crippen LogP contribution in [-0.4, -0.2) is 44.1 Å². The lowest BCUT2D eigenvalue weighted by Gasteiger charge is -2.31. The van der Waals surface area contributed by atoms with Crippen LogP contribution in [0, 0.1) is 17.8 Å². The summed E-state index contributed by atoms with van der Waals surface area (Å²) >= 11 is 0. The lowest BCUT2D eigenvalue weighted by atomic mass is 9.98. The van der Waals surface area contributed by atoms with Crippen LogP contribution in [0.3, 0.4) is 0 Å². The van der Waals surface area contributed by atoms with E-state index in [0.29, 0.717) is 19.6 Å². The number of carbonyl (C=O) groups excluding carboxylic acids is 1. The Morgan fingerprint density at radius 2 is 2.04 bits per heavy atom. The molecule has 1 aromatic carbocycles. The molecule has 1 heterocycles. The van der Waals surface area contributed by atoms with Gasteiger partial charge in [0, 0.05) is 31.1 Å². The smallest absolute Gasteiger partial charge is 0.298 e. The maximum Gasteiger partial charge on any atom is 0.298 e. The zero-order valence-electron chi connectivity index (χ0n) is 14.2. The summed E-state index contributed by atoms with van der Waals surface area (Å²) in [5.74, 6) is 5.49. The van der Waals surface area contributed by atoms with E-state index < -0.39 is 15.3 Å². The number of carbonyl (C=O) groups is 1. The Hall–Kier alpha value is -1.84. The second-order valence-electron chi connectivity index (χ2n) is 6.32. The van der Waals surface area contributed by atoms with Crippen molar-refractivity contribution in [2.75, 3.05) is 19.6 Å². The van der Waals surface area contributed by atoms with Crippen LogP contribution in [0.2, 0.25) is 0 Å². The molecule has 1 aromatic rings. The van der Waals surface area contributed by atoms with Gasteiger partial charge in [0.15, 0.2) is 0 Å². The van der Waals surface area contributed by atoms with E-state index in [0.717, 1.165) is 18.4 Å². The summed E-state index contributed by atoms with van der Waals surface area (Å²) in [5.41, 5.74) is 0.809. The Morgan fingerprint density at radius 1 is 1.33 bits per heavy atom. The monoisotopic (exact) mass is 348 g/mol. The molecule has 130 valence electrons. The number of hydrogen-bond donors (Lipinski definition) is 1. The highest BCUT2D eigenvalue weighted by atomic mass is 32.2. The maximum atomic E-state index is 12.2. The second kappa shape index (κ2) is 8.32. The summed E-state index contributed by atoms with van der Waals surface area (Å²) in [6.45, 7) is 4.89. The number of nitrogens with one attached hydrogen (secondary N) is 1. The number of piperidine rings is 1. The first-order chi connectivity index (χ1) is 11.4. The molecule has 1 atom stereocenters. The predicted octanol–water partition coefficient (Wildman–Crippen LogP) is 1.60. The molecule has 0 radical (unpaired) electrons. The largest absolute Gasteiger partial charge is 0.332 e. The molecule has 0 bridgehead atoms. The fourth-order valence-corrected chi connectivity index (χ4v) is 3.34. The Morgan fingerprint density at radius 3 is 2.71 bits per heavy atom. The number of hydrogen-bond acceptors (Lipinski definition) is 3. The summed E-state index contributed by atoms with van der Waals surface area (Å²) in [4.78, 5) is 14.0. The van der Waals surface area contributed by atoms with Gasteiger partial charge >= 0.3 is 0 Å². The SMILES string of the molecule is CC(C)S(=O)(=O)NCC1CCCN(C(=O)C#Cc2ccccc2)C1. The van der Waals surface area contributed by atoms with Crippen molar-refractivity contribution in [2.45, 2.75) is 31.9 Å². The third kappa shape index (κ3) is 5.36. The van der Waals surface area contributed by atoms with Crippen LogP contribution in [0.1, 0.15) is 32.3 Å². The minimum Gasteiger partial charge on any atom is -0.332 e. The van der Waals surface area contributed by atoms with Crippen LogP contribution in [0.5, 0.6) is 0 Å². The van der Waals surface area contributed by atoms with Gasteiger partial charge in [-0.2, -0.15) is 0 Å². The normalized spacial score (nSPS) is 18.1. The van der Waals surface area contributed by atoms with E-state index in [9.17, 15) is 13.2 Å². The highest BCUT2D eigenvalue weighted by Gasteiger charge is 2.24. The summed E-state index contributed by atoms with van der Waals surface area (Å²) in [5, 5.41) is -0.449. The molecule has 1 saturated heterocycles. The average molecular weight is 348 g/mol. The molecule has 0 aromatic heterocycles. The molecule has 24 heavy (non-hydrogen) atoms. The zero-order valence-corrected chi connectivity index (χ0v) is 15.0. The molecular formula is C18H24N2O3S. The van der Waals surface area contributed by atoms with Crippen molar-refractivity contribution in [3.63, 3.8) is 0 Å². The summed E-state index contributed by atoms with van der Waals surface area (Å²) < 4.78 is 26.3. The zero-order chi connectivity index (χ0) is 17.6. The molecule has 0 aliphatic carbocycles. The highest BCUT2D eigenvalue weighted by Crippen LogP contribution is 2.16. The minimum atomic E-state index is -3.26. The van der Waals surface area contributed by atoms with E-state index >= 15 is 0 Å². The lowest BCUT2D eigenvalue weighted by Crippen LogP contribution is -2.44. The van der Waals surface area contributed by atoms with Gasteiger partial charge in [-0.1, -0.05) is 24.1 Å². The van der Waals surface area contributed by atoms with Gasteiger partial charge in [-0.3, -0.25) is 4.79 Å². The summed E-state index contributed by atoms with van der Waals surface area (Å²) in [6, 6.07) is 9.39. The number of benzene rings is 1. The van der Waals surface area contributed by atoms with E-state index in [4.69, 9.17) is 0 Å². The Kier molecular flexibility index (Phi) is 6.41. The standard InChI is InChI=1S/C18H24N2O3S/c1-15(2)24(22,23)19-13-17-9-6-12-20(14-17)18(21)11-10-16-7-4-3-5-8-16/h3-5,7-8,15,17,19H,6,9,12-14H2,1-2H3. The Labute approximate surface area is 144 Å². The molecule has 1 amide bonds. The van der Waals surface area contributed by atoms with Crippen LogP contribution in [0.4, 0.5) is 0 Å². The first-order valence-corrected chi connectivity index (χ1v) is 9.77. The van der Waals surface area contributed by atoms with Crippen LogP contribution < -0.4 is 4.72 Å². The van der Waals surface area contributed by atoms with Gasteiger partial charge in [0.05, 0.1) is 5.25 Å². The third-order valence-electron chi connectivity index (χ3n) is 4.09. The molecule has 1 fully saturated rings. The van der Waals surface area contributed by atoms with Gasteiger partial charge in [-0.05, 0) is 44.7 Å². The van der Waals surface area contributed by atoms with E-state index in [-0.39, 0.29) is 11.8 Å². The van der Waals surface area contributed by atoms with E-state index in [1.165, 1.54) is 0 Å². The molecule has 1 unspecified atom stereocenters. The minimum absolute atomic E-state index is 0.134. The van der Waals surface area contributed by atoms with Gasteiger partial charge < -0.3 is 4.90 Å². The van der Waals surface area contributed by atoms with Gasteiger partial charge in [0.25, 0.3) is 5.91 Å². The number of sulfonamides is 1. The van der Waals surface area contributed by atoms with E-state index in [1.54, 1.807) is 18.7 Å². The van der Waals surface area contributed by atoms with Gasteiger partial charge in [0.2, 0.25) is 10.0 Å².